The number of alkyl halides is 3. The summed E-state index contributed by atoms with van der Waals surface area (Å²) in [7, 11) is 14.5. The normalized spacial score (nSPS) is 20.4. The number of aromatic nitrogens is 2. The van der Waals surface area contributed by atoms with Gasteiger partial charge in [0, 0.05) is 30.6 Å². The second kappa shape index (κ2) is 12.8. The highest BCUT2D eigenvalue weighted by molar-refractivity contribution is 7.92. The highest BCUT2D eigenvalue weighted by Gasteiger charge is 2.42. The van der Waals surface area contributed by atoms with Gasteiger partial charge in [0.15, 0.2) is 5.03 Å². The second-order valence-electron chi connectivity index (χ2n) is 10.7. The van der Waals surface area contributed by atoms with E-state index in [4.69, 9.17) is 28.6 Å². The maximum atomic E-state index is 14.2. The lowest BCUT2D eigenvalue weighted by atomic mass is 9.38. The third-order valence-corrected chi connectivity index (χ3v) is 8.64. The number of anilines is 2. The van der Waals surface area contributed by atoms with E-state index in [0.717, 1.165) is 6.07 Å². The molecule has 44 heavy (non-hydrogen) atoms. The number of rotatable bonds is 4. The van der Waals surface area contributed by atoms with Gasteiger partial charge in [-0.15, -0.1) is 0 Å². The molecule has 0 amide bonds. The molecule has 16 heteroatoms. The lowest BCUT2D eigenvalue weighted by Gasteiger charge is -2.44. The molecule has 1 aromatic carbocycles. The van der Waals surface area contributed by atoms with Crippen LogP contribution >= 0.6 is 0 Å². The Morgan fingerprint density at radius 1 is 1.00 bits per heavy atom. The van der Waals surface area contributed by atoms with Crippen LogP contribution in [0.25, 0.3) is 11.3 Å². The summed E-state index contributed by atoms with van der Waals surface area (Å²) in [5, 5.41) is 18.1. The fourth-order valence-electron chi connectivity index (χ4n) is 4.99. The molecule has 0 aliphatic carbocycles. The van der Waals surface area contributed by atoms with E-state index in [1.54, 1.807) is 11.0 Å². The molecule has 3 heterocycles. The van der Waals surface area contributed by atoms with Gasteiger partial charge in [-0.25, -0.2) is 9.97 Å². The molecule has 226 valence electrons. The summed E-state index contributed by atoms with van der Waals surface area (Å²) in [5.41, 5.74) is -4.93. The molecule has 1 atom stereocenters. The van der Waals surface area contributed by atoms with Crippen LogP contribution in [0, 0.1) is 0 Å². The van der Waals surface area contributed by atoms with E-state index in [2.05, 4.69) is 14.7 Å². The number of benzene rings is 1. The largest absolute Gasteiger partial charge is 0.481 e. The van der Waals surface area contributed by atoms with E-state index in [1.807, 2.05) is 0 Å². The SMILES string of the molecule is [B]C1([B])CCCCCN(CCCC(=O)O)c2cccc(n2)S(=O)(=O)Nc2ccc(C(F)(F)F)c(n2)-c2ccccc2C1([B])O. The monoisotopic (exact) mass is 622 g/mol. The van der Waals surface area contributed by atoms with Crippen LogP contribution in [0.1, 0.15) is 49.7 Å². The van der Waals surface area contributed by atoms with Crippen molar-refractivity contribution in [3.63, 3.8) is 0 Å². The first-order valence-corrected chi connectivity index (χ1v) is 15.2. The summed E-state index contributed by atoms with van der Waals surface area (Å²) in [6.45, 7) is 0.641. The third kappa shape index (κ3) is 7.40. The number of nitrogens with zero attached hydrogens (tertiary/aromatic N) is 3. The lowest BCUT2D eigenvalue weighted by molar-refractivity contribution is -0.138. The van der Waals surface area contributed by atoms with Gasteiger partial charge >= 0.3 is 12.1 Å². The molecule has 1 aliphatic heterocycles. The number of carboxylic acids is 1. The van der Waals surface area contributed by atoms with Crippen LogP contribution in [0.3, 0.4) is 0 Å². The van der Waals surface area contributed by atoms with Crippen LogP contribution in [0.15, 0.2) is 59.6 Å². The predicted octanol–water partition coefficient (Wildman–Crippen LogP) is 3.98. The first-order chi connectivity index (χ1) is 20.5. The first kappa shape index (κ1) is 33.4. The third-order valence-electron chi connectivity index (χ3n) is 7.39. The van der Waals surface area contributed by atoms with Gasteiger partial charge in [0.05, 0.1) is 26.9 Å². The Balaban J connectivity index is 1.87. The zero-order valence-corrected chi connectivity index (χ0v) is 24.4. The van der Waals surface area contributed by atoms with Crippen LogP contribution < -0.4 is 9.62 Å². The molecule has 0 saturated heterocycles. The average molecular weight is 622 g/mol. The van der Waals surface area contributed by atoms with Crippen LogP contribution in [0.5, 0.6) is 0 Å². The first-order valence-electron chi connectivity index (χ1n) is 13.8. The van der Waals surface area contributed by atoms with Crippen molar-refractivity contribution in [2.45, 2.75) is 60.4 Å². The topological polar surface area (TPSA) is 133 Å². The average Bonchev–Trinajstić information content (AvgIpc) is 2.94. The number of hydrogen-bond acceptors (Lipinski definition) is 7. The molecule has 9 nitrogen and oxygen atoms in total. The molecular formula is C28H28B3F3N4O5S. The number of carboxylic acid groups (broad SMARTS) is 1. The zero-order chi connectivity index (χ0) is 32.3. The summed E-state index contributed by atoms with van der Waals surface area (Å²) < 4.78 is 71.5. The number of nitrogens with one attached hydrogen (secondary N) is 1. The number of carbonyl (C=O) groups is 1. The van der Waals surface area contributed by atoms with Crippen molar-refractivity contribution in [3.05, 3.63) is 65.7 Å². The Morgan fingerprint density at radius 3 is 2.43 bits per heavy atom. The quantitative estimate of drug-likeness (QED) is 0.373. The van der Waals surface area contributed by atoms with E-state index in [9.17, 15) is 31.5 Å². The standard InChI is InChI=1S/C28H28B3F3N4O5S/c29-26(30)15-4-1-5-16-38(17-7-12-24(39)40)22-10-6-11-23(36-22)44(42,43)37-21-14-13-20(28(32,33)34)25(35-21)18-8-2-3-9-19(18)27(26,31)41/h2-3,6,8-11,13-14,41H,1,4-5,7,12,15-17H2,(H,35,37)(H,39,40). The van der Waals surface area contributed by atoms with E-state index < -0.39 is 55.0 Å². The van der Waals surface area contributed by atoms with Gasteiger partial charge in [0.25, 0.3) is 10.0 Å². The van der Waals surface area contributed by atoms with E-state index in [0.29, 0.717) is 31.9 Å². The fourth-order valence-corrected chi connectivity index (χ4v) is 5.96. The molecule has 3 aromatic rings. The van der Waals surface area contributed by atoms with Crippen molar-refractivity contribution in [1.82, 2.24) is 9.97 Å². The fraction of sp³-hybridized carbons (Fsp3) is 0.393. The maximum absolute atomic E-state index is 14.2. The number of sulfonamides is 1. The van der Waals surface area contributed by atoms with Crippen LogP contribution in [-0.4, -0.2) is 71.2 Å². The van der Waals surface area contributed by atoms with E-state index in [1.165, 1.54) is 36.4 Å². The lowest BCUT2D eigenvalue weighted by Crippen LogP contribution is -2.42. The smallest absolute Gasteiger partial charge is 0.418 e. The Hall–Kier alpha value is -3.52. The number of aliphatic carboxylic acids is 1. The molecule has 0 saturated carbocycles. The zero-order valence-electron chi connectivity index (χ0n) is 23.6. The van der Waals surface area contributed by atoms with Crippen molar-refractivity contribution in [3.8, 4) is 11.3 Å². The molecule has 1 aliphatic rings. The summed E-state index contributed by atoms with van der Waals surface area (Å²) >= 11 is 0. The number of hydrogen-bond donors (Lipinski definition) is 3. The molecule has 4 bridgehead atoms. The summed E-state index contributed by atoms with van der Waals surface area (Å²) in [4.78, 5) is 21.1. The molecule has 3 N–H and O–H groups in total. The summed E-state index contributed by atoms with van der Waals surface area (Å²) in [5.74, 6) is -1.18. The minimum Gasteiger partial charge on any atom is -0.481 e. The minimum atomic E-state index is -4.92. The highest BCUT2D eigenvalue weighted by atomic mass is 32.2. The molecule has 2 aromatic heterocycles. The molecule has 1 unspecified atom stereocenters. The summed E-state index contributed by atoms with van der Waals surface area (Å²) in [6.07, 6.45) is -3.37. The van der Waals surface area contributed by atoms with Crippen LogP contribution in [0.4, 0.5) is 24.8 Å². The maximum Gasteiger partial charge on any atom is 0.418 e. The number of fused-ring (bicyclic) bond motifs is 6. The molecular weight excluding hydrogens is 594 g/mol. The van der Waals surface area contributed by atoms with Gasteiger partial charge in [-0.2, -0.15) is 21.6 Å². The van der Waals surface area contributed by atoms with Crippen molar-refractivity contribution in [2.24, 2.45) is 0 Å². The predicted molar refractivity (Wildman–Crippen MR) is 161 cm³/mol. The van der Waals surface area contributed by atoms with Crippen molar-refractivity contribution in [2.75, 3.05) is 22.7 Å². The molecule has 0 fully saturated rings. The minimum absolute atomic E-state index is 0.0134. The van der Waals surface area contributed by atoms with Crippen molar-refractivity contribution >= 4 is 51.2 Å². The molecule has 6 radical (unpaired) electrons. The highest BCUT2D eigenvalue weighted by Crippen LogP contribution is 2.47. The van der Waals surface area contributed by atoms with Gasteiger partial charge in [0.1, 0.15) is 19.5 Å². The Morgan fingerprint density at radius 2 is 1.73 bits per heavy atom. The van der Waals surface area contributed by atoms with E-state index in [-0.39, 0.29) is 42.8 Å². The van der Waals surface area contributed by atoms with Gasteiger partial charge in [-0.1, -0.05) is 54.8 Å². The van der Waals surface area contributed by atoms with Crippen LogP contribution in [0.2, 0.25) is 5.21 Å². The van der Waals surface area contributed by atoms with Crippen molar-refractivity contribution in [1.29, 1.82) is 0 Å². The summed E-state index contributed by atoms with van der Waals surface area (Å²) in [6, 6.07) is 11.2. The number of pyridine rings is 2. The molecule has 4 rings (SSSR count). The second-order valence-corrected chi connectivity index (χ2v) is 12.3. The number of halogens is 3. The molecule has 0 spiro atoms. The van der Waals surface area contributed by atoms with Gasteiger partial charge in [-0.05, 0) is 42.7 Å². The Kier molecular flexibility index (Phi) is 9.74. The van der Waals surface area contributed by atoms with Gasteiger partial charge in [-0.3, -0.25) is 9.52 Å². The van der Waals surface area contributed by atoms with Gasteiger partial charge < -0.3 is 15.1 Å². The Bertz CT molecular complexity index is 1620. The van der Waals surface area contributed by atoms with E-state index >= 15 is 0 Å². The van der Waals surface area contributed by atoms with Crippen LogP contribution in [-0.2, 0) is 26.5 Å². The van der Waals surface area contributed by atoms with Crippen molar-refractivity contribution < 1.29 is 36.6 Å². The Labute approximate surface area is 257 Å². The van der Waals surface area contributed by atoms with Gasteiger partial charge in [0.2, 0.25) is 0 Å². The number of aliphatic hydroxyl groups is 1.